The Kier molecular flexibility index (Phi) is 4.15. The van der Waals surface area contributed by atoms with Crippen molar-refractivity contribution < 1.29 is 4.74 Å². The zero-order valence-corrected chi connectivity index (χ0v) is 10.4. The number of nitrogens with zero attached hydrogens (tertiary/aromatic N) is 1. The predicted octanol–water partition coefficient (Wildman–Crippen LogP) is 3.11. The van der Waals surface area contributed by atoms with E-state index in [0.717, 1.165) is 18.6 Å². The van der Waals surface area contributed by atoms with Crippen molar-refractivity contribution >= 4 is 5.82 Å². The Morgan fingerprint density at radius 1 is 1.17 bits per heavy atom. The zero-order valence-electron chi connectivity index (χ0n) is 10.4. The van der Waals surface area contributed by atoms with Gasteiger partial charge in [0.1, 0.15) is 17.3 Å². The average molecular weight is 243 g/mol. The highest BCUT2D eigenvalue weighted by molar-refractivity contribution is 5.41. The molecule has 1 aromatic carbocycles. The van der Waals surface area contributed by atoms with Gasteiger partial charge in [0, 0.05) is 12.3 Å². The van der Waals surface area contributed by atoms with Crippen LogP contribution in [-0.2, 0) is 6.42 Å². The van der Waals surface area contributed by atoms with Crippen LogP contribution in [0.1, 0.15) is 18.9 Å². The highest BCUT2D eigenvalue weighted by Crippen LogP contribution is 2.23. The number of nitrogens with two attached hydrogens (primary N) is 1. The summed E-state index contributed by atoms with van der Waals surface area (Å²) in [5.74, 6) is 7.39. The van der Waals surface area contributed by atoms with E-state index >= 15 is 0 Å². The van der Waals surface area contributed by atoms with Crippen molar-refractivity contribution in [1.82, 2.24) is 4.98 Å². The first-order valence-corrected chi connectivity index (χ1v) is 6.01. The number of pyridine rings is 1. The Morgan fingerprint density at radius 2 is 1.94 bits per heavy atom. The van der Waals surface area contributed by atoms with Crippen LogP contribution in [0.3, 0.4) is 0 Å². The van der Waals surface area contributed by atoms with Crippen molar-refractivity contribution in [2.75, 3.05) is 5.43 Å². The fourth-order valence-corrected chi connectivity index (χ4v) is 1.70. The van der Waals surface area contributed by atoms with Gasteiger partial charge in [-0.25, -0.2) is 10.8 Å². The second kappa shape index (κ2) is 6.02. The molecule has 18 heavy (non-hydrogen) atoms. The smallest absolute Gasteiger partial charge is 0.143 e. The number of rotatable bonds is 5. The Balaban J connectivity index is 2.08. The quantitative estimate of drug-likeness (QED) is 0.625. The molecule has 1 heterocycles. The molecule has 0 spiro atoms. The van der Waals surface area contributed by atoms with Gasteiger partial charge >= 0.3 is 0 Å². The lowest BCUT2D eigenvalue weighted by atomic mass is 10.1. The van der Waals surface area contributed by atoms with Crippen LogP contribution in [-0.4, -0.2) is 4.98 Å². The van der Waals surface area contributed by atoms with Gasteiger partial charge in [0.15, 0.2) is 0 Å². The molecule has 4 heteroatoms. The predicted molar refractivity (Wildman–Crippen MR) is 72.6 cm³/mol. The molecule has 3 N–H and O–H groups in total. The lowest BCUT2D eigenvalue weighted by Gasteiger charge is -2.07. The van der Waals surface area contributed by atoms with Gasteiger partial charge in [-0.15, -0.1) is 0 Å². The minimum Gasteiger partial charge on any atom is -0.457 e. The maximum absolute atomic E-state index is 5.72. The number of hydrogen-bond donors (Lipinski definition) is 2. The summed E-state index contributed by atoms with van der Waals surface area (Å²) in [6, 6.07) is 11.7. The van der Waals surface area contributed by atoms with Crippen molar-refractivity contribution in [2.45, 2.75) is 19.8 Å². The van der Waals surface area contributed by atoms with Gasteiger partial charge in [-0.2, -0.15) is 0 Å². The summed E-state index contributed by atoms with van der Waals surface area (Å²) in [5.41, 5.74) is 3.81. The van der Waals surface area contributed by atoms with Crippen molar-refractivity contribution in [3.63, 3.8) is 0 Å². The van der Waals surface area contributed by atoms with Gasteiger partial charge in [-0.1, -0.05) is 25.5 Å². The summed E-state index contributed by atoms with van der Waals surface area (Å²) in [4.78, 5) is 4.02. The van der Waals surface area contributed by atoms with Gasteiger partial charge in [0.25, 0.3) is 0 Å². The van der Waals surface area contributed by atoms with E-state index < -0.39 is 0 Å². The second-order valence-electron chi connectivity index (χ2n) is 4.02. The van der Waals surface area contributed by atoms with Gasteiger partial charge in [-0.3, -0.25) is 0 Å². The topological polar surface area (TPSA) is 60.2 Å². The molecule has 0 amide bonds. The van der Waals surface area contributed by atoms with E-state index in [1.54, 1.807) is 18.3 Å². The summed E-state index contributed by atoms with van der Waals surface area (Å²) < 4.78 is 5.72. The number of anilines is 1. The second-order valence-corrected chi connectivity index (χ2v) is 4.02. The van der Waals surface area contributed by atoms with Crippen molar-refractivity contribution in [1.29, 1.82) is 0 Å². The van der Waals surface area contributed by atoms with E-state index in [-0.39, 0.29) is 0 Å². The maximum atomic E-state index is 5.72. The van der Waals surface area contributed by atoms with Crippen LogP contribution in [0, 0.1) is 0 Å². The molecule has 4 nitrogen and oxygen atoms in total. The molecule has 2 rings (SSSR count). The van der Waals surface area contributed by atoms with Crippen LogP contribution in [0.5, 0.6) is 11.5 Å². The maximum Gasteiger partial charge on any atom is 0.143 e. The highest BCUT2D eigenvalue weighted by Gasteiger charge is 1.99. The van der Waals surface area contributed by atoms with E-state index in [1.165, 1.54) is 5.56 Å². The van der Waals surface area contributed by atoms with Gasteiger partial charge in [-0.05, 0) is 30.2 Å². The Labute approximate surface area is 107 Å². The van der Waals surface area contributed by atoms with E-state index in [1.807, 2.05) is 12.1 Å². The van der Waals surface area contributed by atoms with Crippen molar-refractivity contribution in [2.24, 2.45) is 5.84 Å². The average Bonchev–Trinajstić information content (AvgIpc) is 2.42. The third-order valence-corrected chi connectivity index (χ3v) is 2.58. The highest BCUT2D eigenvalue weighted by atomic mass is 16.5. The molecule has 0 saturated heterocycles. The Hall–Kier alpha value is -2.07. The summed E-state index contributed by atoms with van der Waals surface area (Å²) in [6.07, 6.45) is 3.89. The number of nitrogens with one attached hydrogen (secondary N) is 1. The van der Waals surface area contributed by atoms with E-state index in [2.05, 4.69) is 29.5 Å². The number of aromatic nitrogens is 1. The number of ether oxygens (including phenoxy) is 1. The van der Waals surface area contributed by atoms with E-state index in [0.29, 0.717) is 11.6 Å². The number of hydrazine groups is 1. The fourth-order valence-electron chi connectivity index (χ4n) is 1.70. The molecule has 2 aromatic rings. The molecule has 0 fully saturated rings. The third-order valence-electron chi connectivity index (χ3n) is 2.58. The Bertz CT molecular complexity index is 497. The summed E-state index contributed by atoms with van der Waals surface area (Å²) in [5, 5.41) is 0. The lowest BCUT2D eigenvalue weighted by molar-refractivity contribution is 0.482. The van der Waals surface area contributed by atoms with Crippen LogP contribution in [0.2, 0.25) is 0 Å². The SMILES string of the molecule is CCCc1ccc(Oc2ccnc(NN)c2)cc1. The van der Waals surface area contributed by atoms with Crippen LogP contribution in [0.25, 0.3) is 0 Å². The molecule has 0 radical (unpaired) electrons. The molecule has 0 aliphatic heterocycles. The lowest BCUT2D eigenvalue weighted by Crippen LogP contribution is -2.08. The number of nitrogen functional groups attached to an aromatic ring is 1. The third kappa shape index (κ3) is 3.21. The Morgan fingerprint density at radius 3 is 2.61 bits per heavy atom. The summed E-state index contributed by atoms with van der Waals surface area (Å²) in [6.45, 7) is 2.17. The van der Waals surface area contributed by atoms with E-state index in [9.17, 15) is 0 Å². The van der Waals surface area contributed by atoms with Crippen LogP contribution in [0.4, 0.5) is 5.82 Å². The van der Waals surface area contributed by atoms with Gasteiger partial charge in [0.2, 0.25) is 0 Å². The van der Waals surface area contributed by atoms with Crippen LogP contribution < -0.4 is 16.0 Å². The number of benzene rings is 1. The first kappa shape index (κ1) is 12.4. The standard InChI is InChI=1S/C14H17N3O/c1-2-3-11-4-6-12(7-5-11)18-13-8-9-16-14(10-13)17-15/h4-10H,2-3,15H2,1H3,(H,16,17). The van der Waals surface area contributed by atoms with E-state index in [4.69, 9.17) is 10.6 Å². The van der Waals surface area contributed by atoms with Crippen LogP contribution >= 0.6 is 0 Å². The molecule has 0 aliphatic rings. The number of hydrogen-bond acceptors (Lipinski definition) is 4. The summed E-state index contributed by atoms with van der Waals surface area (Å²) >= 11 is 0. The monoisotopic (exact) mass is 243 g/mol. The molecule has 94 valence electrons. The molecule has 0 saturated carbocycles. The largest absolute Gasteiger partial charge is 0.457 e. The minimum absolute atomic E-state index is 0.579. The molecule has 0 atom stereocenters. The van der Waals surface area contributed by atoms with Gasteiger partial charge in [0.05, 0.1) is 0 Å². The first-order chi connectivity index (χ1) is 8.81. The fraction of sp³-hybridized carbons (Fsp3) is 0.214. The van der Waals surface area contributed by atoms with Crippen molar-refractivity contribution in [3.8, 4) is 11.5 Å². The van der Waals surface area contributed by atoms with Gasteiger partial charge < -0.3 is 10.2 Å². The molecule has 0 unspecified atom stereocenters. The first-order valence-electron chi connectivity index (χ1n) is 6.01. The normalized spacial score (nSPS) is 10.1. The van der Waals surface area contributed by atoms with Crippen LogP contribution in [0.15, 0.2) is 42.6 Å². The molecule has 0 aliphatic carbocycles. The molecular weight excluding hydrogens is 226 g/mol. The number of aryl methyl sites for hydroxylation is 1. The zero-order chi connectivity index (χ0) is 12.8. The summed E-state index contributed by atoms with van der Waals surface area (Å²) in [7, 11) is 0. The van der Waals surface area contributed by atoms with Crippen molar-refractivity contribution in [3.05, 3.63) is 48.2 Å². The molecule has 0 bridgehead atoms. The molecule has 1 aromatic heterocycles. The minimum atomic E-state index is 0.579. The molecular formula is C14H17N3O.